The standard InChI is InChI=1S/C11H14ClN5O/c1-8-7-17-11(14-9(6-12)15-17)10(13-8)16-2-4-18-5-3-16/h7H,2-6H2,1H3. The number of anilines is 1. The minimum atomic E-state index is 0.309. The molecule has 18 heavy (non-hydrogen) atoms. The molecule has 1 saturated heterocycles. The van der Waals surface area contributed by atoms with Crippen molar-refractivity contribution in [3.63, 3.8) is 0 Å². The van der Waals surface area contributed by atoms with E-state index in [1.165, 1.54) is 0 Å². The van der Waals surface area contributed by atoms with Gasteiger partial charge in [0.25, 0.3) is 0 Å². The van der Waals surface area contributed by atoms with E-state index in [9.17, 15) is 0 Å². The number of hydrogen-bond donors (Lipinski definition) is 0. The van der Waals surface area contributed by atoms with Gasteiger partial charge >= 0.3 is 0 Å². The maximum absolute atomic E-state index is 5.78. The summed E-state index contributed by atoms with van der Waals surface area (Å²) in [5.74, 6) is 1.80. The van der Waals surface area contributed by atoms with E-state index in [1.54, 1.807) is 4.52 Å². The van der Waals surface area contributed by atoms with Crippen molar-refractivity contribution in [2.45, 2.75) is 12.8 Å². The summed E-state index contributed by atoms with van der Waals surface area (Å²) in [6.07, 6.45) is 1.86. The zero-order chi connectivity index (χ0) is 12.5. The molecular weight excluding hydrogens is 254 g/mol. The molecular formula is C11H14ClN5O. The molecule has 2 aromatic rings. The number of morpholine rings is 1. The van der Waals surface area contributed by atoms with E-state index in [2.05, 4.69) is 20.0 Å². The highest BCUT2D eigenvalue weighted by Crippen LogP contribution is 2.19. The first-order chi connectivity index (χ1) is 8.78. The van der Waals surface area contributed by atoms with Crippen LogP contribution in [0.15, 0.2) is 6.20 Å². The Labute approximate surface area is 110 Å². The Kier molecular flexibility index (Phi) is 3.05. The molecule has 0 radical (unpaired) electrons. The van der Waals surface area contributed by atoms with Gasteiger partial charge < -0.3 is 9.64 Å². The molecule has 96 valence electrons. The second kappa shape index (κ2) is 4.70. The summed E-state index contributed by atoms with van der Waals surface area (Å²) < 4.78 is 7.11. The highest BCUT2D eigenvalue weighted by atomic mass is 35.5. The molecule has 0 amide bonds. The molecule has 1 aliphatic rings. The van der Waals surface area contributed by atoms with Crippen molar-refractivity contribution in [3.8, 4) is 0 Å². The minimum Gasteiger partial charge on any atom is -0.378 e. The summed E-state index contributed by atoms with van der Waals surface area (Å²) >= 11 is 5.78. The molecule has 0 saturated carbocycles. The normalized spacial score (nSPS) is 16.4. The monoisotopic (exact) mass is 267 g/mol. The lowest BCUT2D eigenvalue weighted by Crippen LogP contribution is -2.37. The van der Waals surface area contributed by atoms with Gasteiger partial charge in [-0.25, -0.2) is 14.5 Å². The second-order valence-corrected chi connectivity index (χ2v) is 4.50. The molecule has 0 spiro atoms. The van der Waals surface area contributed by atoms with Gasteiger partial charge in [-0.05, 0) is 6.92 Å². The van der Waals surface area contributed by atoms with Crippen molar-refractivity contribution in [1.82, 2.24) is 19.6 Å². The molecule has 0 N–H and O–H groups in total. The average molecular weight is 268 g/mol. The quantitative estimate of drug-likeness (QED) is 0.760. The van der Waals surface area contributed by atoms with Gasteiger partial charge in [0.05, 0.1) is 31.0 Å². The van der Waals surface area contributed by atoms with Crippen molar-refractivity contribution in [1.29, 1.82) is 0 Å². The van der Waals surface area contributed by atoms with Crippen LogP contribution in [0.4, 0.5) is 5.82 Å². The van der Waals surface area contributed by atoms with Crippen molar-refractivity contribution >= 4 is 23.1 Å². The van der Waals surface area contributed by atoms with Crippen LogP contribution in [0.2, 0.25) is 0 Å². The molecule has 1 aliphatic heterocycles. The fourth-order valence-corrected chi connectivity index (χ4v) is 2.19. The van der Waals surface area contributed by atoms with Gasteiger partial charge in [-0.15, -0.1) is 16.7 Å². The Morgan fingerprint density at radius 2 is 2.11 bits per heavy atom. The van der Waals surface area contributed by atoms with Gasteiger partial charge in [0.1, 0.15) is 0 Å². The Morgan fingerprint density at radius 3 is 2.83 bits per heavy atom. The Hall–Kier alpha value is -1.40. The van der Waals surface area contributed by atoms with E-state index in [0.29, 0.717) is 11.7 Å². The summed E-state index contributed by atoms with van der Waals surface area (Å²) in [6.45, 7) is 5.05. The molecule has 0 aliphatic carbocycles. The number of ether oxygens (including phenoxy) is 1. The van der Waals surface area contributed by atoms with Gasteiger partial charge in [-0.3, -0.25) is 0 Å². The zero-order valence-electron chi connectivity index (χ0n) is 10.1. The molecule has 0 aromatic carbocycles. The first kappa shape index (κ1) is 11.7. The maximum Gasteiger partial charge on any atom is 0.198 e. The van der Waals surface area contributed by atoms with Crippen molar-refractivity contribution in [2.24, 2.45) is 0 Å². The number of fused-ring (bicyclic) bond motifs is 1. The van der Waals surface area contributed by atoms with Gasteiger partial charge in [-0.1, -0.05) is 0 Å². The highest BCUT2D eigenvalue weighted by molar-refractivity contribution is 6.16. The minimum absolute atomic E-state index is 0.309. The lowest BCUT2D eigenvalue weighted by Gasteiger charge is -2.27. The molecule has 6 nitrogen and oxygen atoms in total. The topological polar surface area (TPSA) is 55.5 Å². The maximum atomic E-state index is 5.78. The molecule has 2 aromatic heterocycles. The average Bonchev–Trinajstić information content (AvgIpc) is 2.81. The molecule has 3 rings (SSSR count). The number of rotatable bonds is 2. The number of nitrogens with zero attached hydrogens (tertiary/aromatic N) is 5. The molecule has 0 bridgehead atoms. The molecule has 0 atom stereocenters. The van der Waals surface area contributed by atoms with Crippen LogP contribution in [-0.2, 0) is 10.6 Å². The Bertz CT molecular complexity index is 564. The number of halogens is 1. The largest absolute Gasteiger partial charge is 0.378 e. The van der Waals surface area contributed by atoms with Crippen LogP contribution in [0.5, 0.6) is 0 Å². The van der Waals surface area contributed by atoms with Crippen LogP contribution in [0, 0.1) is 6.92 Å². The summed E-state index contributed by atoms with van der Waals surface area (Å²) in [4.78, 5) is 11.2. The summed E-state index contributed by atoms with van der Waals surface area (Å²) in [5, 5.41) is 4.32. The lowest BCUT2D eigenvalue weighted by molar-refractivity contribution is 0.122. The van der Waals surface area contributed by atoms with Crippen LogP contribution < -0.4 is 4.90 Å². The van der Waals surface area contributed by atoms with E-state index in [4.69, 9.17) is 16.3 Å². The van der Waals surface area contributed by atoms with E-state index in [0.717, 1.165) is 43.5 Å². The van der Waals surface area contributed by atoms with Crippen LogP contribution in [0.25, 0.3) is 5.65 Å². The van der Waals surface area contributed by atoms with Crippen molar-refractivity contribution in [2.75, 3.05) is 31.2 Å². The van der Waals surface area contributed by atoms with Gasteiger partial charge in [0.2, 0.25) is 0 Å². The summed E-state index contributed by atoms with van der Waals surface area (Å²) in [5.41, 5.74) is 1.67. The van der Waals surface area contributed by atoms with Gasteiger partial charge in [-0.2, -0.15) is 0 Å². The second-order valence-electron chi connectivity index (χ2n) is 4.24. The molecule has 7 heteroatoms. The van der Waals surface area contributed by atoms with Crippen LogP contribution >= 0.6 is 11.6 Å². The van der Waals surface area contributed by atoms with Gasteiger partial charge in [0.15, 0.2) is 17.3 Å². The van der Waals surface area contributed by atoms with E-state index in [1.807, 2.05) is 13.1 Å². The Balaban J connectivity index is 2.10. The molecule has 0 unspecified atom stereocenters. The zero-order valence-corrected chi connectivity index (χ0v) is 10.9. The van der Waals surface area contributed by atoms with E-state index in [-0.39, 0.29) is 0 Å². The smallest absolute Gasteiger partial charge is 0.198 e. The van der Waals surface area contributed by atoms with Crippen molar-refractivity contribution in [3.05, 3.63) is 17.7 Å². The Morgan fingerprint density at radius 1 is 1.33 bits per heavy atom. The predicted molar refractivity (Wildman–Crippen MR) is 68.1 cm³/mol. The predicted octanol–water partition coefficient (Wildman–Crippen LogP) is 1.01. The molecule has 3 heterocycles. The van der Waals surface area contributed by atoms with Gasteiger partial charge in [0, 0.05) is 13.1 Å². The number of aryl methyl sites for hydroxylation is 1. The fourth-order valence-electron chi connectivity index (χ4n) is 2.08. The van der Waals surface area contributed by atoms with Crippen molar-refractivity contribution < 1.29 is 4.74 Å². The lowest BCUT2D eigenvalue weighted by atomic mass is 10.4. The third-order valence-corrected chi connectivity index (χ3v) is 3.14. The van der Waals surface area contributed by atoms with Crippen LogP contribution in [-0.4, -0.2) is 45.9 Å². The van der Waals surface area contributed by atoms with E-state index < -0.39 is 0 Å². The van der Waals surface area contributed by atoms with Crippen LogP contribution in [0.1, 0.15) is 11.5 Å². The summed E-state index contributed by atoms with van der Waals surface area (Å²) in [6, 6.07) is 0. The number of hydrogen-bond acceptors (Lipinski definition) is 5. The SMILES string of the molecule is Cc1cn2nc(CCl)nc2c(N2CCOCC2)n1. The van der Waals surface area contributed by atoms with E-state index >= 15 is 0 Å². The first-order valence-corrected chi connectivity index (χ1v) is 6.43. The number of alkyl halides is 1. The summed E-state index contributed by atoms with van der Waals surface area (Å²) in [7, 11) is 0. The number of aromatic nitrogens is 4. The first-order valence-electron chi connectivity index (χ1n) is 5.89. The third kappa shape index (κ3) is 2.02. The van der Waals surface area contributed by atoms with Crippen LogP contribution in [0.3, 0.4) is 0 Å². The third-order valence-electron chi connectivity index (χ3n) is 2.90. The highest BCUT2D eigenvalue weighted by Gasteiger charge is 2.18. The molecule has 1 fully saturated rings. The fraction of sp³-hybridized carbons (Fsp3) is 0.545.